The highest BCUT2D eigenvalue weighted by Gasteiger charge is 2.15. The van der Waals surface area contributed by atoms with Gasteiger partial charge in [0.1, 0.15) is 5.75 Å². The third-order valence-corrected chi connectivity index (χ3v) is 7.48. The molecule has 0 fully saturated rings. The van der Waals surface area contributed by atoms with Gasteiger partial charge in [0.05, 0.1) is 31.3 Å². The van der Waals surface area contributed by atoms with Gasteiger partial charge in [-0.05, 0) is 65.6 Å². The Hall–Kier alpha value is -5.93. The van der Waals surface area contributed by atoms with Crippen LogP contribution in [-0.4, -0.2) is 80.2 Å². The first-order valence-corrected chi connectivity index (χ1v) is 15.6. The molecule has 0 saturated carbocycles. The lowest BCUT2D eigenvalue weighted by atomic mass is 10.1. The number of hydroxylamine groups is 2. The van der Waals surface area contributed by atoms with Crippen LogP contribution in [0.3, 0.4) is 0 Å². The van der Waals surface area contributed by atoms with Gasteiger partial charge in [0, 0.05) is 31.7 Å². The zero-order chi connectivity index (χ0) is 37.3. The van der Waals surface area contributed by atoms with Crippen molar-refractivity contribution >= 4 is 29.5 Å². The number of carbonyl (C=O) groups excluding carboxylic acids is 3. The van der Waals surface area contributed by atoms with Gasteiger partial charge in [-0.25, -0.2) is 20.5 Å². The van der Waals surface area contributed by atoms with E-state index >= 15 is 0 Å². The molecule has 0 atom stereocenters. The first-order chi connectivity index (χ1) is 24.4. The van der Waals surface area contributed by atoms with Gasteiger partial charge in [-0.3, -0.25) is 34.6 Å². The molecule has 2 amide bonds. The van der Waals surface area contributed by atoms with E-state index in [9.17, 15) is 24.0 Å². The summed E-state index contributed by atoms with van der Waals surface area (Å²) in [6.45, 7) is 3.02. The Bertz CT molecular complexity index is 1740. The van der Waals surface area contributed by atoms with Crippen LogP contribution in [0.2, 0.25) is 0 Å². The van der Waals surface area contributed by atoms with Crippen LogP contribution in [0, 0.1) is 0 Å². The van der Waals surface area contributed by atoms with E-state index in [-0.39, 0.29) is 30.0 Å². The normalized spacial score (nSPS) is 10.5. The number of amides is 2. The van der Waals surface area contributed by atoms with Crippen molar-refractivity contribution in [3.8, 4) is 5.75 Å². The number of ether oxygens (including phenoxy) is 1. The van der Waals surface area contributed by atoms with Gasteiger partial charge in [-0.15, -0.1) is 0 Å². The van der Waals surface area contributed by atoms with Crippen molar-refractivity contribution in [3.63, 3.8) is 0 Å². The maximum atomic E-state index is 11.6. The van der Waals surface area contributed by atoms with Crippen molar-refractivity contribution < 1.29 is 49.3 Å². The molecular weight excluding hydrogens is 660 g/mol. The van der Waals surface area contributed by atoms with E-state index in [0.717, 1.165) is 22.3 Å². The second kappa shape index (κ2) is 19.9. The molecule has 4 aromatic carbocycles. The number of nitrogens with zero attached hydrogens (tertiary/aromatic N) is 2. The Morgan fingerprint density at radius 3 is 1.43 bits per heavy atom. The number of carbonyl (C=O) groups is 5. The van der Waals surface area contributed by atoms with Crippen LogP contribution in [0.4, 0.5) is 0 Å². The number of hydrogen-bond donors (Lipinski definition) is 6. The van der Waals surface area contributed by atoms with Crippen molar-refractivity contribution in [3.05, 3.63) is 136 Å². The van der Waals surface area contributed by atoms with E-state index in [1.165, 1.54) is 25.1 Å². The van der Waals surface area contributed by atoms with Gasteiger partial charge in [0.2, 0.25) is 0 Å². The summed E-state index contributed by atoms with van der Waals surface area (Å²) in [5.41, 5.74) is 7.64. The number of benzene rings is 4. The maximum Gasteiger partial charge on any atom is 0.335 e. The molecule has 0 unspecified atom stereocenters. The molecule has 268 valence electrons. The highest BCUT2D eigenvalue weighted by Crippen LogP contribution is 2.17. The van der Waals surface area contributed by atoms with Crippen LogP contribution in [0.25, 0.3) is 0 Å². The van der Waals surface area contributed by atoms with Crippen LogP contribution >= 0.6 is 0 Å². The molecule has 0 heterocycles. The summed E-state index contributed by atoms with van der Waals surface area (Å²) in [6.07, 6.45) is 0. The van der Waals surface area contributed by atoms with Crippen LogP contribution < -0.4 is 15.7 Å². The highest BCUT2D eigenvalue weighted by atomic mass is 16.5. The van der Waals surface area contributed by atoms with Gasteiger partial charge in [-0.2, -0.15) is 0 Å². The third-order valence-electron chi connectivity index (χ3n) is 7.48. The van der Waals surface area contributed by atoms with Gasteiger partial charge in [0.15, 0.2) is 5.78 Å². The number of aromatic carboxylic acids is 2. The SMILES string of the molecule is CC(=O)c1ccc(CN(CC(=O)NO)Cc2ccc(C(=O)O)cc2)cc1.COc1cccc(CN(CC(=O)NO)Cc2cccc(C(=O)O)c2)c1. The molecule has 0 aliphatic carbocycles. The zero-order valence-electron chi connectivity index (χ0n) is 28.1. The molecule has 0 spiro atoms. The van der Waals surface area contributed by atoms with Crippen LogP contribution in [-0.2, 0) is 35.8 Å². The third kappa shape index (κ3) is 13.5. The average Bonchev–Trinajstić information content (AvgIpc) is 3.12. The molecular formula is C37H40N4O10. The summed E-state index contributed by atoms with van der Waals surface area (Å²) < 4.78 is 5.20. The first-order valence-electron chi connectivity index (χ1n) is 15.6. The van der Waals surface area contributed by atoms with E-state index in [0.29, 0.717) is 37.5 Å². The van der Waals surface area contributed by atoms with E-state index in [1.807, 2.05) is 36.4 Å². The summed E-state index contributed by atoms with van der Waals surface area (Å²) in [7, 11) is 1.58. The Labute approximate surface area is 294 Å². The lowest BCUT2D eigenvalue weighted by Crippen LogP contribution is -2.35. The summed E-state index contributed by atoms with van der Waals surface area (Å²) in [6, 6.07) is 27.4. The van der Waals surface area contributed by atoms with E-state index in [2.05, 4.69) is 0 Å². The van der Waals surface area contributed by atoms with E-state index < -0.39 is 23.8 Å². The minimum absolute atomic E-state index is 0.0217. The average molecular weight is 701 g/mol. The number of nitrogens with one attached hydrogen (secondary N) is 2. The summed E-state index contributed by atoms with van der Waals surface area (Å²) in [5, 5.41) is 35.6. The molecule has 0 aliphatic heterocycles. The van der Waals surface area contributed by atoms with Crippen LogP contribution in [0.5, 0.6) is 5.75 Å². The Balaban J connectivity index is 0.000000276. The predicted molar refractivity (Wildman–Crippen MR) is 184 cm³/mol. The summed E-state index contributed by atoms with van der Waals surface area (Å²) in [4.78, 5) is 60.1. The Kier molecular flexibility index (Phi) is 15.4. The predicted octanol–water partition coefficient (Wildman–Crippen LogP) is 4.00. The second-order valence-electron chi connectivity index (χ2n) is 11.5. The molecule has 14 nitrogen and oxygen atoms in total. The van der Waals surface area contributed by atoms with Gasteiger partial charge < -0.3 is 14.9 Å². The number of Topliss-reactive ketones (excluding diaryl/α,β-unsaturated/α-hetero) is 1. The zero-order valence-corrected chi connectivity index (χ0v) is 28.1. The van der Waals surface area contributed by atoms with Gasteiger partial charge in [-0.1, -0.05) is 60.7 Å². The molecule has 0 bridgehead atoms. The lowest BCUT2D eigenvalue weighted by molar-refractivity contribution is -0.131. The number of hydrogen-bond acceptors (Lipinski definition) is 10. The monoisotopic (exact) mass is 700 g/mol. The fraction of sp³-hybridized carbons (Fsp3) is 0.216. The summed E-state index contributed by atoms with van der Waals surface area (Å²) in [5.74, 6) is -2.42. The van der Waals surface area contributed by atoms with Crippen LogP contribution in [0.1, 0.15) is 60.3 Å². The summed E-state index contributed by atoms with van der Waals surface area (Å²) >= 11 is 0. The lowest BCUT2D eigenvalue weighted by Gasteiger charge is -2.22. The quantitative estimate of drug-likeness (QED) is 0.0558. The van der Waals surface area contributed by atoms with Gasteiger partial charge in [0.25, 0.3) is 11.8 Å². The van der Waals surface area contributed by atoms with Crippen molar-refractivity contribution in [1.82, 2.24) is 20.8 Å². The molecule has 0 saturated heterocycles. The topological polar surface area (TPSA) is 206 Å². The standard InChI is InChI=1S/C19H20N2O5.C18H20N2O5/c1-13(22)16-6-2-14(3-7-16)10-21(12-18(23)20-26)11-15-4-8-17(9-5-15)19(24)25;1-25-16-7-3-5-14(9-16)11-20(12-17(21)19-24)10-13-4-2-6-15(8-13)18(22)23/h2-9,26H,10-12H2,1H3,(H,20,23)(H,24,25);2-9,24H,10-12H2,1H3,(H,19,21)(H,22,23). The molecule has 51 heavy (non-hydrogen) atoms. The largest absolute Gasteiger partial charge is 0.497 e. The Morgan fingerprint density at radius 2 is 1.00 bits per heavy atom. The highest BCUT2D eigenvalue weighted by molar-refractivity contribution is 5.94. The van der Waals surface area contributed by atoms with Gasteiger partial charge >= 0.3 is 11.9 Å². The van der Waals surface area contributed by atoms with E-state index in [1.54, 1.807) is 70.3 Å². The molecule has 0 aliphatic rings. The fourth-order valence-electron chi connectivity index (χ4n) is 5.02. The molecule has 0 aromatic heterocycles. The van der Waals surface area contributed by atoms with Crippen molar-refractivity contribution in [2.75, 3.05) is 20.2 Å². The molecule has 4 rings (SSSR count). The maximum absolute atomic E-state index is 11.6. The minimum Gasteiger partial charge on any atom is -0.497 e. The number of ketones is 1. The molecule has 4 aromatic rings. The molecule has 6 N–H and O–H groups in total. The van der Waals surface area contributed by atoms with E-state index in [4.69, 9.17) is 25.4 Å². The van der Waals surface area contributed by atoms with Crippen LogP contribution in [0.15, 0.2) is 97.1 Å². The smallest absolute Gasteiger partial charge is 0.335 e. The minimum atomic E-state index is -1.01. The fourth-order valence-corrected chi connectivity index (χ4v) is 5.02. The number of rotatable bonds is 16. The molecule has 14 heteroatoms. The number of methoxy groups -OCH3 is 1. The first kappa shape index (κ1) is 39.5. The van der Waals surface area contributed by atoms with Crippen molar-refractivity contribution in [2.24, 2.45) is 0 Å². The number of carboxylic acid groups (broad SMARTS) is 2. The second-order valence-corrected chi connectivity index (χ2v) is 11.5. The number of carboxylic acids is 2. The van der Waals surface area contributed by atoms with Crippen molar-refractivity contribution in [1.29, 1.82) is 0 Å². The van der Waals surface area contributed by atoms with Crippen molar-refractivity contribution in [2.45, 2.75) is 33.1 Å². The Morgan fingerprint density at radius 1 is 0.569 bits per heavy atom. The molecule has 0 radical (unpaired) electrons.